The highest BCUT2D eigenvalue weighted by Gasteiger charge is 2.28. The molecule has 148 valence electrons. The summed E-state index contributed by atoms with van der Waals surface area (Å²) in [5.41, 5.74) is 2.37. The Bertz CT molecular complexity index is 1210. The first-order valence-electron chi connectivity index (χ1n) is 8.72. The van der Waals surface area contributed by atoms with E-state index >= 15 is 0 Å². The van der Waals surface area contributed by atoms with Gasteiger partial charge in [0.1, 0.15) is 10.7 Å². The molecule has 0 atom stereocenters. The Balaban J connectivity index is 1.69. The molecule has 0 saturated carbocycles. The summed E-state index contributed by atoms with van der Waals surface area (Å²) in [5, 5.41) is 3.63. The molecule has 0 spiro atoms. The molecule has 3 aromatic rings. The average Bonchev–Trinajstić information content (AvgIpc) is 2.69. The van der Waals surface area contributed by atoms with E-state index in [-0.39, 0.29) is 17.4 Å². The lowest BCUT2D eigenvalue weighted by Crippen LogP contribution is -2.41. The minimum atomic E-state index is -3.81. The van der Waals surface area contributed by atoms with Gasteiger partial charge >= 0.3 is 0 Å². The Labute approximate surface area is 172 Å². The highest BCUT2D eigenvalue weighted by Crippen LogP contribution is 2.31. The third-order valence-corrected chi connectivity index (χ3v) is 6.23. The van der Waals surface area contributed by atoms with Gasteiger partial charge < -0.3 is 5.32 Å². The van der Waals surface area contributed by atoms with Crippen molar-refractivity contribution >= 4 is 33.3 Å². The average molecular weight is 431 g/mol. The highest BCUT2D eigenvalue weighted by molar-refractivity contribution is 7.90. The van der Waals surface area contributed by atoms with Crippen molar-refractivity contribution in [1.29, 1.82) is 0 Å². The lowest BCUT2D eigenvalue weighted by Gasteiger charge is -2.24. The van der Waals surface area contributed by atoms with Crippen LogP contribution in [0.2, 0.25) is 5.02 Å². The molecule has 0 bridgehead atoms. The van der Waals surface area contributed by atoms with Gasteiger partial charge in [-0.2, -0.15) is 0 Å². The van der Waals surface area contributed by atoms with Crippen LogP contribution in [-0.4, -0.2) is 19.4 Å². The Morgan fingerprint density at radius 3 is 2.62 bits per heavy atom. The maximum atomic E-state index is 13.8. The number of nitrogens with zero attached hydrogens (tertiary/aromatic N) is 2. The van der Waals surface area contributed by atoms with Gasteiger partial charge in [0.2, 0.25) is 5.96 Å². The number of para-hydroxylation sites is 1. The fraction of sp³-hybridized carbons (Fsp3) is 0.100. The molecule has 0 radical (unpaired) electrons. The number of rotatable bonds is 4. The summed E-state index contributed by atoms with van der Waals surface area (Å²) in [5.74, 6) is -0.476. The molecule has 4 rings (SSSR count). The highest BCUT2D eigenvalue weighted by atomic mass is 35.5. The molecule has 2 heterocycles. The van der Waals surface area contributed by atoms with Crippen molar-refractivity contribution in [1.82, 2.24) is 9.71 Å². The zero-order valence-electron chi connectivity index (χ0n) is 15.1. The third-order valence-electron chi connectivity index (χ3n) is 4.48. The van der Waals surface area contributed by atoms with Crippen LogP contribution in [0.1, 0.15) is 16.7 Å². The van der Waals surface area contributed by atoms with Crippen molar-refractivity contribution in [3.63, 3.8) is 0 Å². The van der Waals surface area contributed by atoms with Gasteiger partial charge in [0, 0.05) is 23.2 Å². The van der Waals surface area contributed by atoms with E-state index in [1.54, 1.807) is 12.1 Å². The first-order valence-corrected chi connectivity index (χ1v) is 10.6. The van der Waals surface area contributed by atoms with E-state index < -0.39 is 15.8 Å². The van der Waals surface area contributed by atoms with Crippen LogP contribution in [0.5, 0.6) is 0 Å². The maximum absolute atomic E-state index is 13.8. The number of guanidine groups is 1. The summed E-state index contributed by atoms with van der Waals surface area (Å²) in [6, 6.07) is 13.9. The molecule has 0 aliphatic carbocycles. The predicted octanol–water partition coefficient (Wildman–Crippen LogP) is 3.72. The lowest BCUT2D eigenvalue weighted by molar-refractivity contribution is 0.591. The van der Waals surface area contributed by atoms with Gasteiger partial charge in [-0.1, -0.05) is 41.9 Å². The molecule has 6 nitrogen and oxygen atoms in total. The summed E-state index contributed by atoms with van der Waals surface area (Å²) in [7, 11) is -3.81. The van der Waals surface area contributed by atoms with E-state index in [4.69, 9.17) is 11.6 Å². The summed E-state index contributed by atoms with van der Waals surface area (Å²) in [6.07, 6.45) is 2.98. The minimum absolute atomic E-state index is 0.0281. The molecule has 1 aliphatic heterocycles. The first kappa shape index (κ1) is 19.4. The second kappa shape index (κ2) is 7.81. The normalized spacial score (nSPS) is 16.0. The van der Waals surface area contributed by atoms with Crippen LogP contribution in [0, 0.1) is 5.82 Å². The standard InChI is InChI=1S/C20H16ClFN4O2S/c21-16-6-2-1-4-13(16)10-14-5-3-7-18-19(14)25-20(26-29(18,27)28)24-11-15-8-9-23-12-17(15)22/h1-9,12H,10-11H2,(H2,24,25,26). The van der Waals surface area contributed by atoms with Crippen LogP contribution >= 0.6 is 11.6 Å². The fourth-order valence-electron chi connectivity index (χ4n) is 3.03. The van der Waals surface area contributed by atoms with Gasteiger partial charge in [-0.05, 0) is 29.3 Å². The second-order valence-electron chi connectivity index (χ2n) is 6.42. The molecule has 0 saturated heterocycles. The number of sulfonamides is 1. The molecular weight excluding hydrogens is 415 g/mol. The summed E-state index contributed by atoms with van der Waals surface area (Å²) in [6.45, 7) is -0.0405. The van der Waals surface area contributed by atoms with Crippen LogP contribution in [0.15, 0.2) is 70.8 Å². The van der Waals surface area contributed by atoms with Crippen LogP contribution in [0.3, 0.4) is 0 Å². The Morgan fingerprint density at radius 2 is 1.83 bits per heavy atom. The number of aromatic nitrogens is 1. The van der Waals surface area contributed by atoms with Gasteiger partial charge in [-0.25, -0.2) is 22.5 Å². The number of fused-ring (bicyclic) bond motifs is 1. The molecule has 0 fully saturated rings. The van der Waals surface area contributed by atoms with Gasteiger partial charge in [0.05, 0.1) is 18.4 Å². The predicted molar refractivity (Wildman–Crippen MR) is 110 cm³/mol. The zero-order chi connectivity index (χ0) is 20.4. The monoisotopic (exact) mass is 430 g/mol. The molecule has 0 amide bonds. The van der Waals surface area contributed by atoms with Gasteiger partial charge in [-0.3, -0.25) is 4.98 Å². The van der Waals surface area contributed by atoms with E-state index in [0.717, 1.165) is 17.3 Å². The molecule has 1 aromatic heterocycles. The largest absolute Gasteiger partial charge is 0.324 e. The number of nitrogens with one attached hydrogen (secondary N) is 2. The smallest absolute Gasteiger partial charge is 0.266 e. The molecule has 2 N–H and O–H groups in total. The summed E-state index contributed by atoms with van der Waals surface area (Å²) in [4.78, 5) is 8.01. The molecule has 1 aliphatic rings. The zero-order valence-corrected chi connectivity index (χ0v) is 16.6. The van der Waals surface area contributed by atoms with Crippen molar-refractivity contribution in [2.45, 2.75) is 17.9 Å². The van der Waals surface area contributed by atoms with Crippen molar-refractivity contribution in [2.24, 2.45) is 4.99 Å². The van der Waals surface area contributed by atoms with E-state index in [1.807, 2.05) is 24.3 Å². The van der Waals surface area contributed by atoms with E-state index in [1.165, 1.54) is 18.3 Å². The SMILES string of the molecule is O=S1(=O)NC(=NCc2ccncc2F)Nc2c(Cc3ccccc3Cl)cccc21. The molecule has 29 heavy (non-hydrogen) atoms. The van der Waals surface area contributed by atoms with Gasteiger partial charge in [-0.15, -0.1) is 0 Å². The van der Waals surface area contributed by atoms with Gasteiger partial charge in [0.15, 0.2) is 0 Å². The Kier molecular flexibility index (Phi) is 5.21. The number of anilines is 1. The van der Waals surface area contributed by atoms with Crippen LogP contribution in [0.25, 0.3) is 0 Å². The topological polar surface area (TPSA) is 83.5 Å². The number of benzene rings is 2. The first-order chi connectivity index (χ1) is 13.9. The molecular formula is C20H16ClFN4O2S. The molecule has 0 unspecified atom stereocenters. The lowest BCUT2D eigenvalue weighted by atomic mass is 10.0. The van der Waals surface area contributed by atoms with E-state index in [2.05, 4.69) is 20.0 Å². The summed E-state index contributed by atoms with van der Waals surface area (Å²) < 4.78 is 41.5. The molecule has 2 aromatic carbocycles. The molecule has 9 heteroatoms. The van der Waals surface area contributed by atoms with E-state index in [9.17, 15) is 12.8 Å². The quantitative estimate of drug-likeness (QED) is 0.660. The maximum Gasteiger partial charge on any atom is 0.266 e. The third kappa shape index (κ3) is 4.08. The number of halogens is 2. The number of hydrogen-bond donors (Lipinski definition) is 2. The van der Waals surface area contributed by atoms with Crippen molar-refractivity contribution in [3.8, 4) is 0 Å². The van der Waals surface area contributed by atoms with E-state index in [0.29, 0.717) is 22.7 Å². The number of pyridine rings is 1. The Hall–Kier alpha value is -2.97. The van der Waals surface area contributed by atoms with Crippen LogP contribution in [0.4, 0.5) is 10.1 Å². The number of aliphatic imine (C=N–C) groups is 1. The van der Waals surface area contributed by atoms with Crippen LogP contribution in [-0.2, 0) is 23.0 Å². The van der Waals surface area contributed by atoms with Crippen molar-refractivity contribution < 1.29 is 12.8 Å². The minimum Gasteiger partial charge on any atom is -0.324 e. The fourth-order valence-corrected chi connectivity index (χ4v) is 4.42. The van der Waals surface area contributed by atoms with Crippen molar-refractivity contribution in [3.05, 3.63) is 88.5 Å². The summed E-state index contributed by atoms with van der Waals surface area (Å²) >= 11 is 6.26. The number of hydrogen-bond acceptors (Lipinski definition) is 4. The Morgan fingerprint density at radius 1 is 1.03 bits per heavy atom. The van der Waals surface area contributed by atoms with Crippen molar-refractivity contribution in [2.75, 3.05) is 5.32 Å². The second-order valence-corrected chi connectivity index (χ2v) is 8.48. The van der Waals surface area contributed by atoms with Gasteiger partial charge in [0.25, 0.3) is 10.0 Å². The van der Waals surface area contributed by atoms with Crippen LogP contribution < -0.4 is 10.0 Å².